The number of carbonyl (C=O) groups is 3. The summed E-state index contributed by atoms with van der Waals surface area (Å²) in [4.78, 5) is 37.7. The Morgan fingerprint density at radius 2 is 1.80 bits per heavy atom. The number of hydrogen-bond donors (Lipinski definition) is 1. The van der Waals surface area contributed by atoms with E-state index in [1.54, 1.807) is 18.2 Å². The summed E-state index contributed by atoms with van der Waals surface area (Å²) in [6, 6.07) is 8.81. The van der Waals surface area contributed by atoms with Gasteiger partial charge >= 0.3 is 5.97 Å². The quantitative estimate of drug-likeness (QED) is 0.637. The number of amides is 1. The van der Waals surface area contributed by atoms with Gasteiger partial charge in [-0.2, -0.15) is 0 Å². The number of nitrogens with zero attached hydrogens (tertiary/aromatic N) is 1. The molecule has 0 unspecified atom stereocenters. The number of aromatic carboxylic acids is 1. The van der Waals surface area contributed by atoms with Gasteiger partial charge in [-0.05, 0) is 42.0 Å². The summed E-state index contributed by atoms with van der Waals surface area (Å²) in [6.45, 7) is 0. The molecule has 0 atom stereocenters. The number of rotatable bonds is 2. The van der Waals surface area contributed by atoms with Crippen LogP contribution in [0.4, 0.5) is 5.69 Å². The van der Waals surface area contributed by atoms with Crippen LogP contribution in [0.25, 0.3) is 6.08 Å². The first kappa shape index (κ1) is 17.2. The second-order valence-electron chi connectivity index (χ2n) is 5.46. The fraction of sp³-hybridized carbons (Fsp3) is 0.0556. The highest BCUT2D eigenvalue weighted by Crippen LogP contribution is 2.32. The van der Waals surface area contributed by atoms with Gasteiger partial charge in [0.25, 0.3) is 5.91 Å². The summed E-state index contributed by atoms with van der Waals surface area (Å²) in [5.74, 6) is -2.16. The molecule has 25 heavy (non-hydrogen) atoms. The molecule has 1 aliphatic heterocycles. The lowest BCUT2D eigenvalue weighted by atomic mass is 9.92. The Hall–Kier alpha value is -2.63. The largest absolute Gasteiger partial charge is 0.478 e. The first-order chi connectivity index (χ1) is 11.8. The van der Waals surface area contributed by atoms with Crippen molar-refractivity contribution < 1.29 is 19.5 Å². The third-order valence-corrected chi connectivity index (χ3v) is 4.62. The Labute approximate surface area is 153 Å². The number of fused-ring (bicyclic) bond motifs is 1. The highest BCUT2D eigenvalue weighted by Gasteiger charge is 2.33. The van der Waals surface area contributed by atoms with Crippen LogP contribution in [0.15, 0.2) is 42.0 Å². The first-order valence-corrected chi connectivity index (χ1v) is 7.92. The lowest BCUT2D eigenvalue weighted by molar-refractivity contribution is -0.114. The molecule has 0 saturated heterocycles. The predicted molar refractivity (Wildman–Crippen MR) is 95.6 cm³/mol. The van der Waals surface area contributed by atoms with Gasteiger partial charge in [-0.25, -0.2) is 4.79 Å². The molecule has 3 rings (SSSR count). The molecular formula is C18H11Cl2NO4. The summed E-state index contributed by atoms with van der Waals surface area (Å²) in [6.07, 6.45) is 1.42. The van der Waals surface area contributed by atoms with E-state index in [4.69, 9.17) is 28.3 Å². The van der Waals surface area contributed by atoms with Crippen molar-refractivity contribution in [2.45, 2.75) is 0 Å². The number of benzene rings is 2. The van der Waals surface area contributed by atoms with Gasteiger partial charge in [0.1, 0.15) is 0 Å². The average molecular weight is 376 g/mol. The van der Waals surface area contributed by atoms with E-state index >= 15 is 0 Å². The van der Waals surface area contributed by atoms with Gasteiger partial charge in [0.15, 0.2) is 0 Å². The van der Waals surface area contributed by atoms with Crippen LogP contribution in [-0.2, 0) is 4.79 Å². The van der Waals surface area contributed by atoms with Crippen molar-refractivity contribution in [2.24, 2.45) is 0 Å². The van der Waals surface area contributed by atoms with Crippen LogP contribution in [0, 0.1) is 0 Å². The van der Waals surface area contributed by atoms with Crippen molar-refractivity contribution in [1.29, 1.82) is 0 Å². The average Bonchev–Trinajstić information content (AvgIpc) is 2.59. The number of carbonyl (C=O) groups excluding carboxylic acids is 2. The van der Waals surface area contributed by atoms with Crippen LogP contribution in [0.1, 0.15) is 26.3 Å². The molecule has 1 heterocycles. The summed E-state index contributed by atoms with van der Waals surface area (Å²) < 4.78 is 0. The predicted octanol–water partition coefficient (Wildman–Crippen LogP) is 3.93. The van der Waals surface area contributed by atoms with Crippen LogP contribution >= 0.6 is 23.2 Å². The van der Waals surface area contributed by atoms with Gasteiger partial charge in [-0.15, -0.1) is 0 Å². The molecule has 0 fully saturated rings. The Morgan fingerprint density at radius 1 is 1.08 bits per heavy atom. The summed E-state index contributed by atoms with van der Waals surface area (Å²) in [5.41, 5.74) is 0.969. The zero-order valence-corrected chi connectivity index (χ0v) is 14.4. The molecule has 2 aromatic rings. The summed E-state index contributed by atoms with van der Waals surface area (Å²) in [7, 11) is 1.52. The zero-order valence-electron chi connectivity index (χ0n) is 12.9. The van der Waals surface area contributed by atoms with Crippen molar-refractivity contribution in [3.63, 3.8) is 0 Å². The van der Waals surface area contributed by atoms with Crippen molar-refractivity contribution in [3.05, 3.63) is 68.7 Å². The fourth-order valence-electron chi connectivity index (χ4n) is 2.57. The zero-order chi connectivity index (χ0) is 18.3. The molecule has 7 heteroatoms. The third-order valence-electron chi connectivity index (χ3n) is 3.88. The third kappa shape index (κ3) is 3.04. The maximum Gasteiger partial charge on any atom is 0.335 e. The minimum atomic E-state index is -1.15. The monoisotopic (exact) mass is 375 g/mol. The number of halogens is 2. The molecule has 0 radical (unpaired) electrons. The topological polar surface area (TPSA) is 74.7 Å². The Kier molecular flexibility index (Phi) is 4.37. The molecule has 0 spiro atoms. The highest BCUT2D eigenvalue weighted by atomic mass is 35.5. The number of carboxylic acid groups (broad SMARTS) is 1. The molecule has 0 saturated carbocycles. The summed E-state index contributed by atoms with van der Waals surface area (Å²) in [5, 5.41) is 9.77. The second kappa shape index (κ2) is 6.35. The van der Waals surface area contributed by atoms with Crippen LogP contribution in [0.2, 0.25) is 10.0 Å². The van der Waals surface area contributed by atoms with E-state index in [1.807, 2.05) is 0 Å². The van der Waals surface area contributed by atoms with Gasteiger partial charge in [0.2, 0.25) is 5.78 Å². The smallest absolute Gasteiger partial charge is 0.335 e. The molecule has 0 aliphatic carbocycles. The van der Waals surface area contributed by atoms with E-state index < -0.39 is 17.7 Å². The number of likely N-dealkylation sites (N-methyl/N-ethyl adjacent to an activating group) is 1. The Morgan fingerprint density at radius 3 is 2.44 bits per heavy atom. The lowest BCUT2D eigenvalue weighted by Crippen LogP contribution is -2.36. The van der Waals surface area contributed by atoms with Crippen LogP contribution in [0.3, 0.4) is 0 Å². The van der Waals surface area contributed by atoms with Gasteiger partial charge in [0.05, 0.1) is 26.9 Å². The van der Waals surface area contributed by atoms with E-state index in [9.17, 15) is 14.4 Å². The SMILES string of the molecule is CN1C(=O)C(=Cc2ccc(Cl)c(Cl)c2)C(=O)c2cc(C(=O)O)ccc21. The van der Waals surface area contributed by atoms with Gasteiger partial charge in [0, 0.05) is 12.6 Å². The molecular weight excluding hydrogens is 365 g/mol. The standard InChI is InChI=1S/C18H11Cl2NO4/c1-21-15-5-3-10(18(24)25)8-11(15)16(22)12(17(21)23)6-9-2-4-13(19)14(20)7-9/h2-8H,1H3,(H,24,25). The maximum atomic E-state index is 12.7. The minimum Gasteiger partial charge on any atom is -0.478 e. The molecule has 0 aromatic heterocycles. The molecule has 0 bridgehead atoms. The van der Waals surface area contributed by atoms with Crippen LogP contribution in [0.5, 0.6) is 0 Å². The van der Waals surface area contributed by atoms with Crippen molar-refractivity contribution in [3.8, 4) is 0 Å². The normalized spacial score (nSPS) is 15.5. The second-order valence-corrected chi connectivity index (χ2v) is 6.28. The molecule has 1 aliphatic rings. The van der Waals surface area contributed by atoms with Gasteiger partial charge in [-0.3, -0.25) is 9.59 Å². The number of ketones is 1. The van der Waals surface area contributed by atoms with Crippen LogP contribution < -0.4 is 4.90 Å². The molecule has 5 nitrogen and oxygen atoms in total. The Balaban J connectivity index is 2.13. The van der Waals surface area contributed by atoms with E-state index in [1.165, 1.54) is 36.2 Å². The van der Waals surface area contributed by atoms with Gasteiger partial charge < -0.3 is 10.0 Å². The molecule has 126 valence electrons. The number of anilines is 1. The van der Waals surface area contributed by atoms with E-state index in [0.29, 0.717) is 21.3 Å². The van der Waals surface area contributed by atoms with E-state index in [2.05, 4.69) is 0 Å². The summed E-state index contributed by atoms with van der Waals surface area (Å²) >= 11 is 11.8. The van der Waals surface area contributed by atoms with Crippen molar-refractivity contribution >= 4 is 52.6 Å². The first-order valence-electron chi connectivity index (χ1n) is 7.16. The highest BCUT2D eigenvalue weighted by molar-refractivity contribution is 6.42. The molecule has 1 N–H and O–H groups in total. The van der Waals surface area contributed by atoms with Gasteiger partial charge in [-0.1, -0.05) is 29.3 Å². The van der Waals surface area contributed by atoms with Crippen LogP contribution in [-0.4, -0.2) is 29.8 Å². The van der Waals surface area contributed by atoms with E-state index in [0.717, 1.165) is 0 Å². The fourth-order valence-corrected chi connectivity index (χ4v) is 2.88. The minimum absolute atomic E-state index is 0.0243. The number of Topliss-reactive ketones (excluding diaryl/α,β-unsaturated/α-hetero) is 1. The van der Waals surface area contributed by atoms with Crippen molar-refractivity contribution in [2.75, 3.05) is 11.9 Å². The lowest BCUT2D eigenvalue weighted by Gasteiger charge is -2.26. The Bertz CT molecular complexity index is 966. The van der Waals surface area contributed by atoms with Crippen molar-refractivity contribution in [1.82, 2.24) is 0 Å². The maximum absolute atomic E-state index is 12.7. The number of carboxylic acids is 1. The van der Waals surface area contributed by atoms with E-state index in [-0.39, 0.29) is 16.7 Å². The molecule has 1 amide bonds. The number of hydrogen-bond acceptors (Lipinski definition) is 3. The molecule has 2 aromatic carbocycles.